The van der Waals surface area contributed by atoms with Crippen LogP contribution in [-0.4, -0.2) is 37.2 Å². The van der Waals surface area contributed by atoms with Crippen molar-refractivity contribution in [3.63, 3.8) is 0 Å². The van der Waals surface area contributed by atoms with Crippen LogP contribution < -0.4 is 0 Å². The molecule has 0 saturated carbocycles. The molecule has 0 heterocycles. The number of allylic oxidation sites excluding steroid dienone is 8. The average Bonchev–Trinajstić information content (AvgIpc) is 3.21. The molecule has 6 heteroatoms. The number of esters is 3. The van der Waals surface area contributed by atoms with Gasteiger partial charge in [-0.2, -0.15) is 0 Å². The summed E-state index contributed by atoms with van der Waals surface area (Å²) in [4.78, 5) is 37.8. The van der Waals surface area contributed by atoms with Crippen LogP contribution in [0.15, 0.2) is 48.6 Å². The Labute approximate surface area is 352 Å². The molecular formula is C51H90O6. The fourth-order valence-electron chi connectivity index (χ4n) is 6.73. The third-order valence-corrected chi connectivity index (χ3v) is 10.3. The molecule has 0 N–H and O–H groups in total. The Morgan fingerprint density at radius 1 is 0.368 bits per heavy atom. The van der Waals surface area contributed by atoms with E-state index in [1.807, 2.05) is 0 Å². The molecule has 0 aliphatic carbocycles. The van der Waals surface area contributed by atoms with Gasteiger partial charge in [-0.05, 0) is 57.8 Å². The number of hydrogen-bond acceptors (Lipinski definition) is 6. The standard InChI is InChI=1S/C51H90O6/c1-4-7-10-13-16-19-21-23-24-25-26-28-29-32-35-38-41-44-50(53)56-47-48(46-55-49(52)43-40-37-34-31-18-15-12-9-6-3)57-51(54)45-42-39-36-33-30-27-22-20-17-14-11-8-5-2/h7,10,16,19,23-24,26,28,48H,4-6,8-9,11-15,17-18,20-22,25,27,29-47H2,1-3H3/b10-7-,19-16-,24-23-,28-26-. The molecule has 0 bridgehead atoms. The van der Waals surface area contributed by atoms with E-state index in [9.17, 15) is 14.4 Å². The van der Waals surface area contributed by atoms with Crippen LogP contribution in [0.25, 0.3) is 0 Å². The summed E-state index contributed by atoms with van der Waals surface area (Å²) in [5, 5.41) is 0. The number of rotatable bonds is 43. The van der Waals surface area contributed by atoms with Gasteiger partial charge in [0.15, 0.2) is 6.10 Å². The fraction of sp³-hybridized carbons (Fsp3) is 0.784. The predicted octanol–water partition coefficient (Wildman–Crippen LogP) is 15.5. The average molecular weight is 799 g/mol. The summed E-state index contributed by atoms with van der Waals surface area (Å²) in [6.45, 7) is 6.49. The van der Waals surface area contributed by atoms with Crippen molar-refractivity contribution < 1.29 is 28.6 Å². The second-order valence-corrected chi connectivity index (χ2v) is 16.0. The van der Waals surface area contributed by atoms with Crippen molar-refractivity contribution in [1.82, 2.24) is 0 Å². The first-order chi connectivity index (χ1) is 28.0. The van der Waals surface area contributed by atoms with E-state index in [0.29, 0.717) is 19.3 Å². The van der Waals surface area contributed by atoms with E-state index in [-0.39, 0.29) is 31.1 Å². The van der Waals surface area contributed by atoms with Crippen molar-refractivity contribution in [2.45, 2.75) is 245 Å². The summed E-state index contributed by atoms with van der Waals surface area (Å²) in [6, 6.07) is 0. The lowest BCUT2D eigenvalue weighted by Gasteiger charge is -2.18. The molecule has 0 spiro atoms. The van der Waals surface area contributed by atoms with E-state index in [1.54, 1.807) is 0 Å². The van der Waals surface area contributed by atoms with Gasteiger partial charge in [-0.3, -0.25) is 14.4 Å². The quantitative estimate of drug-likeness (QED) is 0.0265. The van der Waals surface area contributed by atoms with Crippen molar-refractivity contribution in [3.8, 4) is 0 Å². The number of unbranched alkanes of at least 4 members (excludes halogenated alkanes) is 24. The summed E-state index contributed by atoms with van der Waals surface area (Å²) in [5.41, 5.74) is 0. The molecule has 57 heavy (non-hydrogen) atoms. The first-order valence-corrected chi connectivity index (χ1v) is 24.1. The Balaban J connectivity index is 4.36. The highest BCUT2D eigenvalue weighted by Gasteiger charge is 2.19. The van der Waals surface area contributed by atoms with Crippen molar-refractivity contribution in [1.29, 1.82) is 0 Å². The number of hydrogen-bond donors (Lipinski definition) is 0. The minimum Gasteiger partial charge on any atom is -0.462 e. The highest BCUT2D eigenvalue weighted by Crippen LogP contribution is 2.15. The van der Waals surface area contributed by atoms with Gasteiger partial charge in [0.05, 0.1) is 0 Å². The van der Waals surface area contributed by atoms with Crippen molar-refractivity contribution in [2.24, 2.45) is 0 Å². The summed E-state index contributed by atoms with van der Waals surface area (Å²) < 4.78 is 16.7. The van der Waals surface area contributed by atoms with E-state index in [1.165, 1.54) is 103 Å². The number of carbonyl (C=O) groups excluding carboxylic acids is 3. The third kappa shape index (κ3) is 44.3. The zero-order valence-corrected chi connectivity index (χ0v) is 37.6. The third-order valence-electron chi connectivity index (χ3n) is 10.3. The maximum absolute atomic E-state index is 12.7. The van der Waals surface area contributed by atoms with Gasteiger partial charge >= 0.3 is 17.9 Å². The maximum Gasteiger partial charge on any atom is 0.306 e. The molecule has 1 unspecified atom stereocenters. The molecule has 0 aromatic carbocycles. The molecule has 0 aromatic rings. The highest BCUT2D eigenvalue weighted by molar-refractivity contribution is 5.71. The van der Waals surface area contributed by atoms with E-state index in [4.69, 9.17) is 14.2 Å². The second kappa shape index (κ2) is 46.1. The molecule has 0 saturated heterocycles. The SMILES string of the molecule is CC/C=C\C/C=C\C/C=C\C/C=C\CCCCCCC(=O)OCC(COC(=O)CCCCCCCCCCC)OC(=O)CCCCCCCCCCCCCCC. The Morgan fingerprint density at radius 3 is 1.07 bits per heavy atom. The predicted molar refractivity (Wildman–Crippen MR) is 242 cm³/mol. The van der Waals surface area contributed by atoms with Crippen LogP contribution in [0.3, 0.4) is 0 Å². The minimum absolute atomic E-state index is 0.0782. The van der Waals surface area contributed by atoms with Crippen molar-refractivity contribution in [2.75, 3.05) is 13.2 Å². The highest BCUT2D eigenvalue weighted by atomic mass is 16.6. The van der Waals surface area contributed by atoms with E-state index in [0.717, 1.165) is 96.3 Å². The first-order valence-electron chi connectivity index (χ1n) is 24.1. The van der Waals surface area contributed by atoms with Gasteiger partial charge in [-0.25, -0.2) is 0 Å². The van der Waals surface area contributed by atoms with Crippen LogP contribution in [0.5, 0.6) is 0 Å². The van der Waals surface area contributed by atoms with Crippen molar-refractivity contribution >= 4 is 17.9 Å². The zero-order valence-electron chi connectivity index (χ0n) is 37.6. The number of carbonyl (C=O) groups is 3. The van der Waals surface area contributed by atoms with Gasteiger partial charge in [0.1, 0.15) is 13.2 Å². The monoisotopic (exact) mass is 799 g/mol. The maximum atomic E-state index is 12.7. The number of ether oxygens (including phenoxy) is 3. The summed E-state index contributed by atoms with van der Waals surface area (Å²) in [7, 11) is 0. The normalized spacial score (nSPS) is 12.4. The molecule has 0 aromatic heterocycles. The molecule has 0 radical (unpaired) electrons. The van der Waals surface area contributed by atoms with Crippen LogP contribution in [0.1, 0.15) is 239 Å². The smallest absolute Gasteiger partial charge is 0.306 e. The molecule has 0 aliphatic rings. The Kier molecular flexibility index (Phi) is 43.9. The first kappa shape index (κ1) is 54.4. The molecule has 6 nitrogen and oxygen atoms in total. The molecule has 0 rings (SSSR count). The molecule has 0 amide bonds. The summed E-state index contributed by atoms with van der Waals surface area (Å²) in [5.74, 6) is -0.901. The van der Waals surface area contributed by atoms with Gasteiger partial charge in [0.2, 0.25) is 0 Å². The van der Waals surface area contributed by atoms with Crippen molar-refractivity contribution in [3.05, 3.63) is 48.6 Å². The summed E-state index contributed by atoms with van der Waals surface area (Å²) >= 11 is 0. The zero-order chi connectivity index (χ0) is 41.5. The van der Waals surface area contributed by atoms with Crippen LogP contribution in [0.2, 0.25) is 0 Å². The molecule has 330 valence electrons. The minimum atomic E-state index is -0.776. The Bertz CT molecular complexity index is 1010. The van der Waals surface area contributed by atoms with Gasteiger partial charge in [-0.1, -0.05) is 211 Å². The molecule has 0 aliphatic heterocycles. The fourth-order valence-corrected chi connectivity index (χ4v) is 6.73. The van der Waals surface area contributed by atoms with Crippen LogP contribution in [0.4, 0.5) is 0 Å². The van der Waals surface area contributed by atoms with Crippen LogP contribution in [-0.2, 0) is 28.6 Å². The largest absolute Gasteiger partial charge is 0.462 e. The lowest BCUT2D eigenvalue weighted by molar-refractivity contribution is -0.167. The lowest BCUT2D eigenvalue weighted by Crippen LogP contribution is -2.30. The lowest BCUT2D eigenvalue weighted by atomic mass is 10.0. The molecule has 0 fully saturated rings. The van der Waals surface area contributed by atoms with Crippen LogP contribution in [0, 0.1) is 0 Å². The topological polar surface area (TPSA) is 78.9 Å². The van der Waals surface area contributed by atoms with E-state index < -0.39 is 6.10 Å². The molecular weight excluding hydrogens is 709 g/mol. The van der Waals surface area contributed by atoms with Gasteiger partial charge < -0.3 is 14.2 Å². The second-order valence-electron chi connectivity index (χ2n) is 16.0. The summed E-state index contributed by atoms with van der Waals surface area (Å²) in [6.07, 6.45) is 53.8. The van der Waals surface area contributed by atoms with Crippen LogP contribution >= 0.6 is 0 Å². The molecule has 1 atom stereocenters. The van der Waals surface area contributed by atoms with Gasteiger partial charge in [-0.15, -0.1) is 0 Å². The van der Waals surface area contributed by atoms with Gasteiger partial charge in [0.25, 0.3) is 0 Å². The van der Waals surface area contributed by atoms with E-state index in [2.05, 4.69) is 69.4 Å². The van der Waals surface area contributed by atoms with Gasteiger partial charge in [0, 0.05) is 19.3 Å². The Morgan fingerprint density at radius 2 is 0.684 bits per heavy atom. The van der Waals surface area contributed by atoms with E-state index >= 15 is 0 Å². The Hall–Kier alpha value is -2.63.